The Morgan fingerprint density at radius 3 is 2.32 bits per heavy atom. The SMILES string of the molecule is CC(C1CCC1)N1C(=O)NC(=O)C2(CCCC2)C1=O. The van der Waals surface area contributed by atoms with Gasteiger partial charge >= 0.3 is 6.03 Å². The maximum Gasteiger partial charge on any atom is 0.331 e. The van der Waals surface area contributed by atoms with E-state index in [9.17, 15) is 14.4 Å². The number of nitrogens with zero attached hydrogens (tertiary/aromatic N) is 1. The first-order valence-corrected chi connectivity index (χ1v) is 7.25. The molecule has 0 aromatic carbocycles. The van der Waals surface area contributed by atoms with Crippen molar-refractivity contribution in [2.45, 2.75) is 57.9 Å². The molecular formula is C14H20N2O3. The number of rotatable bonds is 2. The van der Waals surface area contributed by atoms with E-state index in [1.54, 1.807) is 0 Å². The van der Waals surface area contributed by atoms with Crippen molar-refractivity contribution in [1.82, 2.24) is 10.2 Å². The van der Waals surface area contributed by atoms with Gasteiger partial charge in [0.15, 0.2) is 0 Å². The first-order valence-electron chi connectivity index (χ1n) is 7.25. The zero-order chi connectivity index (χ0) is 13.6. The monoisotopic (exact) mass is 264 g/mol. The van der Waals surface area contributed by atoms with Crippen molar-refractivity contribution < 1.29 is 14.4 Å². The highest BCUT2D eigenvalue weighted by molar-refractivity contribution is 6.19. The van der Waals surface area contributed by atoms with Gasteiger partial charge in [-0.3, -0.25) is 19.8 Å². The maximum atomic E-state index is 12.7. The standard InChI is InChI=1S/C14H20N2O3/c1-9(10-5-4-6-10)16-12(18)14(7-2-3-8-14)11(17)15-13(16)19/h9-10H,2-8H2,1H3,(H,15,17,19). The van der Waals surface area contributed by atoms with Gasteiger partial charge in [-0.2, -0.15) is 0 Å². The van der Waals surface area contributed by atoms with E-state index in [2.05, 4.69) is 5.32 Å². The van der Waals surface area contributed by atoms with Crippen LogP contribution < -0.4 is 5.32 Å². The molecule has 3 aliphatic rings. The second-order valence-electron chi connectivity index (χ2n) is 6.16. The largest absolute Gasteiger partial charge is 0.331 e. The van der Waals surface area contributed by atoms with E-state index in [0.29, 0.717) is 18.8 Å². The molecule has 3 rings (SSSR count). The third-order valence-corrected chi connectivity index (χ3v) is 5.20. The first kappa shape index (κ1) is 12.6. The molecule has 5 nitrogen and oxygen atoms in total. The first-order chi connectivity index (χ1) is 9.06. The minimum Gasteiger partial charge on any atom is -0.277 e. The lowest BCUT2D eigenvalue weighted by molar-refractivity contribution is -0.153. The molecule has 2 saturated carbocycles. The third-order valence-electron chi connectivity index (χ3n) is 5.20. The zero-order valence-corrected chi connectivity index (χ0v) is 11.3. The van der Waals surface area contributed by atoms with E-state index < -0.39 is 11.4 Å². The van der Waals surface area contributed by atoms with Gasteiger partial charge in [0.05, 0.1) is 0 Å². The van der Waals surface area contributed by atoms with Gasteiger partial charge in [0, 0.05) is 6.04 Å². The average Bonchev–Trinajstić information content (AvgIpc) is 2.74. The molecule has 0 aromatic rings. The number of amides is 4. The average molecular weight is 264 g/mol. The maximum absolute atomic E-state index is 12.7. The van der Waals surface area contributed by atoms with E-state index in [1.807, 2.05) is 6.92 Å². The number of nitrogens with one attached hydrogen (secondary N) is 1. The fourth-order valence-corrected chi connectivity index (χ4v) is 3.62. The van der Waals surface area contributed by atoms with Gasteiger partial charge < -0.3 is 0 Å². The second kappa shape index (κ2) is 4.32. The lowest BCUT2D eigenvalue weighted by atomic mass is 9.77. The molecule has 1 heterocycles. The normalized spacial score (nSPS) is 28.5. The van der Waals surface area contributed by atoms with Crippen LogP contribution in [0.25, 0.3) is 0 Å². The van der Waals surface area contributed by atoms with Gasteiger partial charge in [0.1, 0.15) is 5.41 Å². The summed E-state index contributed by atoms with van der Waals surface area (Å²) in [7, 11) is 0. The van der Waals surface area contributed by atoms with Crippen LogP contribution in [0.15, 0.2) is 0 Å². The van der Waals surface area contributed by atoms with Crippen molar-refractivity contribution in [3.63, 3.8) is 0 Å². The number of barbiturate groups is 1. The second-order valence-corrected chi connectivity index (χ2v) is 6.16. The molecule has 5 heteroatoms. The van der Waals surface area contributed by atoms with Crippen LogP contribution in [0.5, 0.6) is 0 Å². The van der Waals surface area contributed by atoms with Crippen LogP contribution in [0.3, 0.4) is 0 Å². The van der Waals surface area contributed by atoms with Crippen molar-refractivity contribution in [2.75, 3.05) is 0 Å². The van der Waals surface area contributed by atoms with Gasteiger partial charge in [-0.1, -0.05) is 19.3 Å². The summed E-state index contributed by atoms with van der Waals surface area (Å²) < 4.78 is 0. The van der Waals surface area contributed by atoms with Crippen LogP contribution in [0.2, 0.25) is 0 Å². The topological polar surface area (TPSA) is 66.5 Å². The van der Waals surface area contributed by atoms with Crippen molar-refractivity contribution in [3.8, 4) is 0 Å². The summed E-state index contributed by atoms with van der Waals surface area (Å²) in [6.45, 7) is 1.93. The number of imide groups is 2. The van der Waals surface area contributed by atoms with Gasteiger partial charge in [-0.25, -0.2) is 4.79 Å². The van der Waals surface area contributed by atoms with Crippen LogP contribution >= 0.6 is 0 Å². The molecule has 104 valence electrons. The summed E-state index contributed by atoms with van der Waals surface area (Å²) in [6, 6.07) is -0.612. The Labute approximate surface area is 112 Å². The predicted octanol–water partition coefficient (Wildman–Crippen LogP) is 1.81. The zero-order valence-electron chi connectivity index (χ0n) is 11.3. The van der Waals surface area contributed by atoms with E-state index in [4.69, 9.17) is 0 Å². The molecule has 1 N–H and O–H groups in total. The third kappa shape index (κ3) is 1.70. The molecule has 1 unspecified atom stereocenters. The van der Waals surface area contributed by atoms with E-state index in [0.717, 1.165) is 25.7 Å². The Kier molecular flexibility index (Phi) is 2.87. The van der Waals surface area contributed by atoms with Gasteiger partial charge in [0.2, 0.25) is 11.8 Å². The molecule has 3 fully saturated rings. The number of hydrogen-bond donors (Lipinski definition) is 1. The van der Waals surface area contributed by atoms with Crippen molar-refractivity contribution in [3.05, 3.63) is 0 Å². The number of carbonyl (C=O) groups is 3. The van der Waals surface area contributed by atoms with Gasteiger partial charge in [-0.05, 0) is 38.5 Å². The summed E-state index contributed by atoms with van der Waals surface area (Å²) in [6.07, 6.45) is 6.25. The summed E-state index contributed by atoms with van der Waals surface area (Å²) in [5.74, 6) is -0.225. The fraction of sp³-hybridized carbons (Fsp3) is 0.786. The Hall–Kier alpha value is -1.39. The van der Waals surface area contributed by atoms with Crippen molar-refractivity contribution in [2.24, 2.45) is 11.3 Å². The van der Waals surface area contributed by atoms with Crippen molar-refractivity contribution >= 4 is 17.8 Å². The highest BCUT2D eigenvalue weighted by Gasteiger charge is 2.56. The van der Waals surface area contributed by atoms with Crippen LogP contribution in [0.1, 0.15) is 51.9 Å². The molecule has 1 saturated heterocycles. The van der Waals surface area contributed by atoms with Gasteiger partial charge in [-0.15, -0.1) is 0 Å². The van der Waals surface area contributed by atoms with Gasteiger partial charge in [0.25, 0.3) is 0 Å². The highest BCUT2D eigenvalue weighted by Crippen LogP contribution is 2.43. The van der Waals surface area contributed by atoms with E-state index in [1.165, 1.54) is 11.3 Å². The highest BCUT2D eigenvalue weighted by atomic mass is 16.2. The molecule has 0 radical (unpaired) electrons. The quantitative estimate of drug-likeness (QED) is 0.773. The summed E-state index contributed by atoms with van der Waals surface area (Å²) in [4.78, 5) is 38.1. The molecule has 0 aromatic heterocycles. The smallest absolute Gasteiger partial charge is 0.277 e. The number of carbonyl (C=O) groups excluding carboxylic acids is 3. The van der Waals surface area contributed by atoms with E-state index >= 15 is 0 Å². The molecule has 1 atom stereocenters. The van der Waals surface area contributed by atoms with Crippen LogP contribution in [0, 0.1) is 11.3 Å². The van der Waals surface area contributed by atoms with Crippen LogP contribution in [0.4, 0.5) is 4.79 Å². The lowest BCUT2D eigenvalue weighted by Crippen LogP contribution is -2.66. The fourth-order valence-electron chi connectivity index (χ4n) is 3.62. The molecule has 2 aliphatic carbocycles. The van der Waals surface area contributed by atoms with Crippen LogP contribution in [-0.2, 0) is 9.59 Å². The Bertz CT molecular complexity index is 436. The Morgan fingerprint density at radius 1 is 1.16 bits per heavy atom. The molecule has 1 aliphatic heterocycles. The summed E-state index contributed by atoms with van der Waals surface area (Å²) >= 11 is 0. The summed E-state index contributed by atoms with van der Waals surface area (Å²) in [5.41, 5.74) is -0.952. The minimum atomic E-state index is -0.952. The van der Waals surface area contributed by atoms with E-state index in [-0.39, 0.29) is 17.9 Å². The number of hydrogen-bond acceptors (Lipinski definition) is 3. The lowest BCUT2D eigenvalue weighted by Gasteiger charge is -2.44. The predicted molar refractivity (Wildman–Crippen MR) is 68.1 cm³/mol. The Morgan fingerprint density at radius 2 is 1.79 bits per heavy atom. The minimum absolute atomic E-state index is 0.0909. The molecular weight excluding hydrogens is 244 g/mol. The molecule has 19 heavy (non-hydrogen) atoms. The van der Waals surface area contributed by atoms with Crippen LogP contribution in [-0.4, -0.2) is 28.8 Å². The number of urea groups is 1. The Balaban J connectivity index is 1.88. The molecule has 1 spiro atoms. The molecule has 0 bridgehead atoms. The summed E-state index contributed by atoms with van der Waals surface area (Å²) in [5, 5.41) is 2.40. The molecule has 4 amide bonds. The van der Waals surface area contributed by atoms with Crippen molar-refractivity contribution in [1.29, 1.82) is 0 Å².